The third-order valence-corrected chi connectivity index (χ3v) is 4.58. The molecule has 0 N–H and O–H groups in total. The maximum absolute atomic E-state index is 12.2. The Bertz CT molecular complexity index is 397. The zero-order valence-corrected chi connectivity index (χ0v) is 15.8. The Morgan fingerprint density at radius 1 is 1.04 bits per heavy atom. The van der Waals surface area contributed by atoms with Crippen molar-refractivity contribution in [2.75, 3.05) is 19.8 Å². The molecular formula is C20H35NO4. The SMILES string of the molecule is C=CCOC(=O)N1CCCC1C(=O)OCCCCCCCCCCC. The molecule has 1 unspecified atom stereocenters. The predicted octanol–water partition coefficient (Wildman–Crippen LogP) is 4.85. The minimum Gasteiger partial charge on any atom is -0.464 e. The number of unbranched alkanes of at least 4 members (excludes halogenated alkanes) is 8. The molecule has 0 aliphatic carbocycles. The zero-order chi connectivity index (χ0) is 18.3. The van der Waals surface area contributed by atoms with Crippen molar-refractivity contribution < 1.29 is 19.1 Å². The normalized spacial score (nSPS) is 16.7. The van der Waals surface area contributed by atoms with Gasteiger partial charge in [-0.25, -0.2) is 9.59 Å². The summed E-state index contributed by atoms with van der Waals surface area (Å²) in [5, 5.41) is 0. The largest absolute Gasteiger partial charge is 0.464 e. The van der Waals surface area contributed by atoms with Crippen LogP contribution in [0.15, 0.2) is 12.7 Å². The van der Waals surface area contributed by atoms with E-state index in [1.54, 1.807) is 0 Å². The van der Waals surface area contributed by atoms with Crippen molar-refractivity contribution in [3.05, 3.63) is 12.7 Å². The highest BCUT2D eigenvalue weighted by molar-refractivity contribution is 5.82. The lowest BCUT2D eigenvalue weighted by Crippen LogP contribution is -2.41. The van der Waals surface area contributed by atoms with E-state index < -0.39 is 12.1 Å². The van der Waals surface area contributed by atoms with Crippen LogP contribution in [0.5, 0.6) is 0 Å². The smallest absolute Gasteiger partial charge is 0.410 e. The Hall–Kier alpha value is -1.52. The molecule has 1 heterocycles. The molecule has 25 heavy (non-hydrogen) atoms. The van der Waals surface area contributed by atoms with Gasteiger partial charge in [0.1, 0.15) is 12.6 Å². The quantitative estimate of drug-likeness (QED) is 0.270. The van der Waals surface area contributed by atoms with Crippen molar-refractivity contribution >= 4 is 12.1 Å². The summed E-state index contributed by atoms with van der Waals surface area (Å²) in [7, 11) is 0. The number of likely N-dealkylation sites (tertiary alicyclic amines) is 1. The number of carbonyl (C=O) groups is 2. The summed E-state index contributed by atoms with van der Waals surface area (Å²) in [6.45, 7) is 6.90. The Labute approximate surface area is 152 Å². The highest BCUT2D eigenvalue weighted by Crippen LogP contribution is 2.20. The van der Waals surface area contributed by atoms with E-state index in [4.69, 9.17) is 9.47 Å². The van der Waals surface area contributed by atoms with Crippen LogP contribution in [-0.2, 0) is 14.3 Å². The summed E-state index contributed by atoms with van der Waals surface area (Å²) in [4.78, 5) is 25.6. The zero-order valence-electron chi connectivity index (χ0n) is 15.8. The molecule has 1 amide bonds. The average Bonchev–Trinajstić information content (AvgIpc) is 3.11. The van der Waals surface area contributed by atoms with E-state index >= 15 is 0 Å². The molecule has 0 spiro atoms. The van der Waals surface area contributed by atoms with Crippen LogP contribution in [0.1, 0.15) is 77.6 Å². The maximum Gasteiger partial charge on any atom is 0.410 e. The molecule has 0 bridgehead atoms. The Morgan fingerprint density at radius 2 is 1.68 bits per heavy atom. The number of esters is 1. The van der Waals surface area contributed by atoms with E-state index in [0.717, 1.165) is 19.3 Å². The first kappa shape index (κ1) is 21.5. The molecule has 5 nitrogen and oxygen atoms in total. The van der Waals surface area contributed by atoms with Crippen LogP contribution >= 0.6 is 0 Å². The fraction of sp³-hybridized carbons (Fsp3) is 0.800. The average molecular weight is 354 g/mol. The molecule has 1 rings (SSSR count). The number of amides is 1. The lowest BCUT2D eigenvalue weighted by Gasteiger charge is -2.22. The van der Waals surface area contributed by atoms with Gasteiger partial charge in [0.05, 0.1) is 6.61 Å². The van der Waals surface area contributed by atoms with Gasteiger partial charge in [0.15, 0.2) is 0 Å². The van der Waals surface area contributed by atoms with Crippen molar-refractivity contribution in [1.29, 1.82) is 0 Å². The summed E-state index contributed by atoms with van der Waals surface area (Å²) in [6.07, 6.45) is 13.6. The van der Waals surface area contributed by atoms with Crippen LogP contribution < -0.4 is 0 Å². The minimum atomic E-state index is -0.490. The first-order valence-corrected chi connectivity index (χ1v) is 9.91. The number of rotatable bonds is 13. The molecule has 0 aromatic carbocycles. The van der Waals surface area contributed by atoms with Crippen LogP contribution in [0.4, 0.5) is 4.79 Å². The predicted molar refractivity (Wildman–Crippen MR) is 99.5 cm³/mol. The van der Waals surface area contributed by atoms with Crippen LogP contribution in [0.3, 0.4) is 0 Å². The summed E-state index contributed by atoms with van der Waals surface area (Å²) >= 11 is 0. The molecule has 0 saturated carbocycles. The Kier molecular flexibility index (Phi) is 11.8. The number of carbonyl (C=O) groups excluding carboxylic acids is 2. The lowest BCUT2D eigenvalue weighted by atomic mass is 10.1. The molecular weight excluding hydrogens is 318 g/mol. The molecule has 144 valence electrons. The maximum atomic E-state index is 12.2. The van der Waals surface area contributed by atoms with Crippen molar-refractivity contribution in [1.82, 2.24) is 4.90 Å². The molecule has 1 saturated heterocycles. The monoisotopic (exact) mass is 353 g/mol. The second-order valence-corrected chi connectivity index (χ2v) is 6.71. The Balaban J connectivity index is 2.09. The second-order valence-electron chi connectivity index (χ2n) is 6.71. The molecule has 0 radical (unpaired) electrons. The third kappa shape index (κ3) is 8.94. The van der Waals surface area contributed by atoms with Gasteiger partial charge in [-0.3, -0.25) is 4.90 Å². The van der Waals surface area contributed by atoms with Gasteiger partial charge in [-0.15, -0.1) is 0 Å². The summed E-state index contributed by atoms with van der Waals surface area (Å²) in [6, 6.07) is -0.490. The van der Waals surface area contributed by atoms with E-state index in [9.17, 15) is 9.59 Å². The van der Waals surface area contributed by atoms with Crippen LogP contribution in [-0.4, -0.2) is 42.8 Å². The standard InChI is InChI=1S/C20H35NO4/c1-3-5-6-7-8-9-10-11-12-17-24-19(22)18-14-13-15-21(18)20(23)25-16-4-2/h4,18H,2-3,5-17H2,1H3. The molecule has 0 aromatic rings. The summed E-state index contributed by atoms with van der Waals surface area (Å²) in [5.74, 6) is -0.299. The van der Waals surface area contributed by atoms with Gasteiger partial charge >= 0.3 is 12.1 Å². The van der Waals surface area contributed by atoms with Crippen LogP contribution in [0, 0.1) is 0 Å². The van der Waals surface area contributed by atoms with Gasteiger partial charge in [0, 0.05) is 6.54 Å². The highest BCUT2D eigenvalue weighted by atomic mass is 16.6. The first-order valence-electron chi connectivity index (χ1n) is 9.91. The van der Waals surface area contributed by atoms with E-state index in [-0.39, 0.29) is 12.6 Å². The molecule has 1 aliphatic heterocycles. The summed E-state index contributed by atoms with van der Waals surface area (Å²) in [5.41, 5.74) is 0. The third-order valence-electron chi connectivity index (χ3n) is 4.58. The number of hydrogen-bond donors (Lipinski definition) is 0. The van der Waals surface area contributed by atoms with Crippen LogP contribution in [0.25, 0.3) is 0 Å². The van der Waals surface area contributed by atoms with E-state index in [2.05, 4.69) is 13.5 Å². The van der Waals surface area contributed by atoms with Gasteiger partial charge in [-0.1, -0.05) is 70.9 Å². The fourth-order valence-corrected chi connectivity index (χ4v) is 3.13. The number of hydrogen-bond acceptors (Lipinski definition) is 4. The molecule has 5 heteroatoms. The Morgan fingerprint density at radius 3 is 2.32 bits per heavy atom. The first-order chi connectivity index (χ1) is 12.2. The molecule has 1 aliphatic rings. The topological polar surface area (TPSA) is 55.8 Å². The van der Waals surface area contributed by atoms with E-state index in [1.807, 2.05) is 0 Å². The molecule has 0 aromatic heterocycles. The molecule has 1 fully saturated rings. The fourth-order valence-electron chi connectivity index (χ4n) is 3.13. The number of nitrogens with zero attached hydrogens (tertiary/aromatic N) is 1. The minimum absolute atomic E-state index is 0.162. The van der Waals surface area contributed by atoms with Gasteiger partial charge in [0.2, 0.25) is 0 Å². The van der Waals surface area contributed by atoms with Crippen molar-refractivity contribution in [2.45, 2.75) is 83.6 Å². The highest BCUT2D eigenvalue weighted by Gasteiger charge is 2.36. The molecule has 1 atom stereocenters. The van der Waals surface area contributed by atoms with Crippen molar-refractivity contribution in [3.8, 4) is 0 Å². The van der Waals surface area contributed by atoms with Crippen LogP contribution in [0.2, 0.25) is 0 Å². The number of ether oxygens (including phenoxy) is 2. The van der Waals surface area contributed by atoms with Gasteiger partial charge in [0.25, 0.3) is 0 Å². The summed E-state index contributed by atoms with van der Waals surface area (Å²) < 4.78 is 10.4. The van der Waals surface area contributed by atoms with Gasteiger partial charge in [-0.05, 0) is 19.3 Å². The van der Waals surface area contributed by atoms with E-state index in [1.165, 1.54) is 55.9 Å². The van der Waals surface area contributed by atoms with Gasteiger partial charge < -0.3 is 9.47 Å². The lowest BCUT2D eigenvalue weighted by molar-refractivity contribution is -0.148. The van der Waals surface area contributed by atoms with Gasteiger partial charge in [-0.2, -0.15) is 0 Å². The van der Waals surface area contributed by atoms with E-state index in [0.29, 0.717) is 19.6 Å². The van der Waals surface area contributed by atoms with Crippen molar-refractivity contribution in [3.63, 3.8) is 0 Å². The second kappa shape index (κ2) is 13.7. The van der Waals surface area contributed by atoms with Crippen molar-refractivity contribution in [2.24, 2.45) is 0 Å².